The van der Waals surface area contributed by atoms with Gasteiger partial charge >= 0.3 is 6.18 Å². The molecule has 5 nitrogen and oxygen atoms in total. The molecule has 0 aliphatic heterocycles. The summed E-state index contributed by atoms with van der Waals surface area (Å²) >= 11 is 11.7. The predicted molar refractivity (Wildman–Crippen MR) is 95.8 cm³/mol. The van der Waals surface area contributed by atoms with E-state index in [1.807, 2.05) is 0 Å². The number of hydrogen-bond donors (Lipinski definition) is 1. The summed E-state index contributed by atoms with van der Waals surface area (Å²) in [5.41, 5.74) is -0.772. The molecule has 2 heterocycles. The zero-order valence-electron chi connectivity index (χ0n) is 13.2. The van der Waals surface area contributed by atoms with E-state index in [-0.39, 0.29) is 21.6 Å². The van der Waals surface area contributed by atoms with Crippen molar-refractivity contribution in [3.8, 4) is 5.82 Å². The van der Waals surface area contributed by atoms with Crippen molar-refractivity contribution in [3.05, 3.63) is 70.5 Å². The van der Waals surface area contributed by atoms with Crippen LogP contribution in [0, 0.1) is 0 Å². The number of alkyl halides is 3. The van der Waals surface area contributed by atoms with Gasteiger partial charge in [0.1, 0.15) is 0 Å². The first-order chi connectivity index (χ1) is 12.6. The second kappa shape index (κ2) is 7.06. The van der Waals surface area contributed by atoms with E-state index in [4.69, 9.17) is 23.2 Å². The summed E-state index contributed by atoms with van der Waals surface area (Å²) in [6.45, 7) is 0. The summed E-state index contributed by atoms with van der Waals surface area (Å²) in [4.78, 5) is 3.68. The molecule has 0 bridgehead atoms. The van der Waals surface area contributed by atoms with Gasteiger partial charge in [0.15, 0.2) is 10.8 Å². The van der Waals surface area contributed by atoms with Crippen molar-refractivity contribution in [3.63, 3.8) is 0 Å². The number of rotatable bonds is 4. The molecule has 0 aliphatic rings. The van der Waals surface area contributed by atoms with Gasteiger partial charge in [-0.25, -0.2) is 4.98 Å². The number of aromatic nitrogens is 2. The zero-order valence-corrected chi connectivity index (χ0v) is 15.5. The highest BCUT2D eigenvalue weighted by Crippen LogP contribution is 2.32. The first kappa shape index (κ1) is 19.5. The SMILES string of the molecule is O=S(=O)(Nc1ccc(Cl)cc1)c1cccn1-c1ncc(C(F)(F)F)cc1Cl. The van der Waals surface area contributed by atoms with Crippen molar-refractivity contribution in [1.82, 2.24) is 9.55 Å². The molecule has 142 valence electrons. The molecule has 0 amide bonds. The van der Waals surface area contributed by atoms with E-state index in [2.05, 4.69) is 9.71 Å². The van der Waals surface area contributed by atoms with E-state index in [9.17, 15) is 21.6 Å². The van der Waals surface area contributed by atoms with Gasteiger partial charge in [-0.3, -0.25) is 9.29 Å². The smallest absolute Gasteiger partial charge is 0.289 e. The first-order valence-electron chi connectivity index (χ1n) is 7.27. The van der Waals surface area contributed by atoms with Crippen LogP contribution in [-0.4, -0.2) is 18.0 Å². The Morgan fingerprint density at radius 3 is 2.33 bits per heavy atom. The van der Waals surface area contributed by atoms with Gasteiger partial charge in [0.25, 0.3) is 10.0 Å². The van der Waals surface area contributed by atoms with Crippen LogP contribution < -0.4 is 4.72 Å². The number of nitrogens with zero attached hydrogens (tertiary/aromatic N) is 2. The van der Waals surface area contributed by atoms with E-state index in [0.29, 0.717) is 17.3 Å². The molecular weight excluding hydrogens is 426 g/mol. The van der Waals surface area contributed by atoms with E-state index in [1.54, 1.807) is 0 Å². The molecule has 3 rings (SSSR count). The number of nitrogens with one attached hydrogen (secondary N) is 1. The van der Waals surface area contributed by atoms with Crippen LogP contribution in [0.25, 0.3) is 5.82 Å². The lowest BCUT2D eigenvalue weighted by Crippen LogP contribution is -2.17. The maximum Gasteiger partial charge on any atom is 0.417 e. The van der Waals surface area contributed by atoms with Crippen LogP contribution >= 0.6 is 23.2 Å². The van der Waals surface area contributed by atoms with E-state index in [0.717, 1.165) is 4.57 Å². The molecule has 0 saturated carbocycles. The maximum absolute atomic E-state index is 12.8. The number of pyridine rings is 1. The fourth-order valence-corrected chi connectivity index (χ4v) is 3.85. The van der Waals surface area contributed by atoms with Gasteiger partial charge in [0.2, 0.25) is 0 Å². The maximum atomic E-state index is 12.8. The summed E-state index contributed by atoms with van der Waals surface area (Å²) in [6, 6.07) is 9.32. The van der Waals surface area contributed by atoms with Crippen molar-refractivity contribution in [2.75, 3.05) is 4.72 Å². The molecule has 1 N–H and O–H groups in total. The number of halogens is 5. The molecule has 0 aliphatic carbocycles. The first-order valence-corrected chi connectivity index (χ1v) is 9.51. The highest BCUT2D eigenvalue weighted by atomic mass is 35.5. The van der Waals surface area contributed by atoms with Gasteiger partial charge in [-0.1, -0.05) is 23.2 Å². The van der Waals surface area contributed by atoms with Crippen molar-refractivity contribution in [1.29, 1.82) is 0 Å². The fourth-order valence-electron chi connectivity index (χ4n) is 2.25. The molecule has 0 saturated heterocycles. The predicted octanol–water partition coefficient (Wildman–Crippen LogP) is 5.00. The van der Waals surface area contributed by atoms with Crippen LogP contribution in [-0.2, 0) is 16.2 Å². The molecule has 27 heavy (non-hydrogen) atoms. The summed E-state index contributed by atoms with van der Waals surface area (Å²) in [5.74, 6) is -0.147. The second-order valence-electron chi connectivity index (χ2n) is 5.36. The third-order valence-corrected chi connectivity index (χ3v) is 5.38. The highest BCUT2D eigenvalue weighted by Gasteiger charge is 2.32. The van der Waals surface area contributed by atoms with Gasteiger partial charge in [-0.15, -0.1) is 0 Å². The highest BCUT2D eigenvalue weighted by molar-refractivity contribution is 7.92. The molecule has 0 atom stereocenters. The number of anilines is 1. The van der Waals surface area contributed by atoms with Crippen LogP contribution in [0.4, 0.5) is 18.9 Å². The molecule has 11 heteroatoms. The van der Waals surface area contributed by atoms with Crippen LogP contribution in [0.2, 0.25) is 10.0 Å². The van der Waals surface area contributed by atoms with Gasteiger partial charge < -0.3 is 0 Å². The average molecular weight is 436 g/mol. The third-order valence-electron chi connectivity index (χ3n) is 3.46. The summed E-state index contributed by atoms with van der Waals surface area (Å²) in [7, 11) is -4.07. The largest absolute Gasteiger partial charge is 0.417 e. The van der Waals surface area contributed by atoms with Crippen molar-refractivity contribution >= 4 is 38.9 Å². The standard InChI is InChI=1S/C16H10Cl2F3N3O2S/c17-11-3-5-12(6-4-11)23-27(25,26)14-2-1-7-24(14)15-13(18)8-10(9-22-15)16(19,20)21/h1-9,23H. The lowest BCUT2D eigenvalue weighted by atomic mass is 10.3. The number of benzene rings is 1. The van der Waals surface area contributed by atoms with Crippen LogP contribution in [0.1, 0.15) is 5.56 Å². The Morgan fingerprint density at radius 1 is 1.07 bits per heavy atom. The topological polar surface area (TPSA) is 64.0 Å². The van der Waals surface area contributed by atoms with E-state index in [1.165, 1.54) is 42.6 Å². The number of hydrogen-bond acceptors (Lipinski definition) is 3. The van der Waals surface area contributed by atoms with Crippen molar-refractivity contribution < 1.29 is 21.6 Å². The van der Waals surface area contributed by atoms with Crippen LogP contribution in [0.5, 0.6) is 0 Å². The minimum atomic E-state index is -4.61. The minimum absolute atomic E-state index is 0.147. The van der Waals surface area contributed by atoms with E-state index < -0.39 is 21.8 Å². The third kappa shape index (κ3) is 4.20. The summed E-state index contributed by atoms with van der Waals surface area (Å²) in [6.07, 6.45) is -2.70. The monoisotopic (exact) mass is 435 g/mol. The molecule has 0 spiro atoms. The van der Waals surface area contributed by atoms with E-state index >= 15 is 0 Å². The van der Waals surface area contributed by atoms with Crippen LogP contribution in [0.15, 0.2) is 59.9 Å². The average Bonchev–Trinajstić information content (AvgIpc) is 3.06. The van der Waals surface area contributed by atoms with Gasteiger partial charge in [0.05, 0.1) is 10.6 Å². The summed E-state index contributed by atoms with van der Waals surface area (Å²) < 4.78 is 67.0. The molecule has 3 aromatic rings. The molecule has 0 fully saturated rings. The molecule has 0 radical (unpaired) electrons. The Labute approximate surface area is 162 Å². The zero-order chi connectivity index (χ0) is 19.8. The number of sulfonamides is 1. The Morgan fingerprint density at radius 2 is 1.74 bits per heavy atom. The lowest BCUT2D eigenvalue weighted by molar-refractivity contribution is -0.137. The molecule has 1 aromatic carbocycles. The normalized spacial score (nSPS) is 12.2. The molecular formula is C16H10Cl2F3N3O2S. The van der Waals surface area contributed by atoms with Gasteiger partial charge in [0, 0.05) is 23.1 Å². The molecule has 0 unspecified atom stereocenters. The Kier molecular flexibility index (Phi) is 5.11. The Balaban J connectivity index is 1.99. The lowest BCUT2D eigenvalue weighted by Gasteiger charge is -2.13. The Hall–Kier alpha value is -2.23. The molecule has 2 aromatic heterocycles. The van der Waals surface area contributed by atoms with Gasteiger partial charge in [-0.2, -0.15) is 21.6 Å². The Bertz CT molecular complexity index is 1080. The quantitative estimate of drug-likeness (QED) is 0.626. The van der Waals surface area contributed by atoms with Gasteiger partial charge in [-0.05, 0) is 42.5 Å². The van der Waals surface area contributed by atoms with Crippen molar-refractivity contribution in [2.45, 2.75) is 11.2 Å². The fraction of sp³-hybridized carbons (Fsp3) is 0.0625. The summed E-state index contributed by atoms with van der Waals surface area (Å²) in [5, 5.41) is -0.155. The van der Waals surface area contributed by atoms with Crippen LogP contribution in [0.3, 0.4) is 0 Å². The second-order valence-corrected chi connectivity index (χ2v) is 7.83. The van der Waals surface area contributed by atoms with Crippen molar-refractivity contribution in [2.24, 2.45) is 0 Å². The minimum Gasteiger partial charge on any atom is -0.289 e.